The molecule has 0 bridgehead atoms. The normalized spacial score (nSPS) is 21.8. The fourth-order valence-corrected chi connectivity index (χ4v) is 3.65. The first-order chi connectivity index (χ1) is 10.9. The average Bonchev–Trinajstić information content (AvgIpc) is 2.96. The summed E-state index contributed by atoms with van der Waals surface area (Å²) >= 11 is 1.79. The second-order valence-electron chi connectivity index (χ2n) is 6.19. The van der Waals surface area contributed by atoms with Crippen molar-refractivity contribution >= 4 is 11.3 Å². The van der Waals surface area contributed by atoms with Gasteiger partial charge in [-0.15, -0.1) is 21.5 Å². The van der Waals surface area contributed by atoms with E-state index in [4.69, 9.17) is 9.15 Å². The Morgan fingerprint density at radius 3 is 2.91 bits per heavy atom. The first kappa shape index (κ1) is 14.4. The second kappa shape index (κ2) is 6.48. The maximum absolute atomic E-state index is 5.82. The van der Waals surface area contributed by atoms with Crippen molar-refractivity contribution in [1.29, 1.82) is 0 Å². The molecule has 2 fully saturated rings. The number of thiophene rings is 1. The zero-order valence-electron chi connectivity index (χ0n) is 12.6. The van der Waals surface area contributed by atoms with E-state index in [-0.39, 0.29) is 0 Å². The highest BCUT2D eigenvalue weighted by Gasteiger charge is 2.30. The average molecular weight is 319 g/mol. The summed E-state index contributed by atoms with van der Waals surface area (Å²) in [4.78, 5) is 3.73. The molecule has 1 atom stereocenters. The predicted molar refractivity (Wildman–Crippen MR) is 83.7 cm³/mol. The van der Waals surface area contributed by atoms with Gasteiger partial charge in [-0.2, -0.15) is 0 Å². The zero-order valence-corrected chi connectivity index (χ0v) is 13.4. The molecule has 5 nitrogen and oxygen atoms in total. The first-order valence-electron chi connectivity index (χ1n) is 8.05. The highest BCUT2D eigenvalue weighted by molar-refractivity contribution is 7.09. The maximum atomic E-state index is 5.82. The monoisotopic (exact) mass is 319 g/mol. The van der Waals surface area contributed by atoms with Gasteiger partial charge in [0.15, 0.2) is 0 Å². The van der Waals surface area contributed by atoms with Crippen LogP contribution in [-0.2, 0) is 17.8 Å². The molecule has 0 amide bonds. The van der Waals surface area contributed by atoms with Gasteiger partial charge in [0.2, 0.25) is 11.8 Å². The first-order valence-corrected chi connectivity index (χ1v) is 8.93. The van der Waals surface area contributed by atoms with Crippen molar-refractivity contribution in [2.24, 2.45) is 0 Å². The van der Waals surface area contributed by atoms with Crippen LogP contribution in [0.15, 0.2) is 21.9 Å². The Balaban J connectivity index is 1.42. The van der Waals surface area contributed by atoms with Gasteiger partial charge in [-0.3, -0.25) is 4.90 Å². The summed E-state index contributed by atoms with van der Waals surface area (Å²) in [5, 5.41) is 10.5. The van der Waals surface area contributed by atoms with Crippen LogP contribution in [0.4, 0.5) is 0 Å². The lowest BCUT2D eigenvalue weighted by atomic mass is 10.2. The standard InChI is InChI=1S/C16H21N3O2S/c1-3-13(20-7-1)9-19(10-14-4-2-8-22-14)11-15-17-18-16(21-15)12-5-6-12/h2,4,8,12-13H,1,3,5-7,9-11H2. The molecule has 1 aliphatic carbocycles. The lowest BCUT2D eigenvalue weighted by Crippen LogP contribution is -2.31. The Morgan fingerprint density at radius 2 is 2.18 bits per heavy atom. The molecule has 4 rings (SSSR count). The van der Waals surface area contributed by atoms with E-state index < -0.39 is 0 Å². The van der Waals surface area contributed by atoms with Crippen molar-refractivity contribution in [3.05, 3.63) is 34.2 Å². The van der Waals surface area contributed by atoms with Crippen LogP contribution in [0.2, 0.25) is 0 Å². The largest absolute Gasteiger partial charge is 0.424 e. The van der Waals surface area contributed by atoms with Crippen molar-refractivity contribution in [2.75, 3.05) is 13.2 Å². The molecular formula is C16H21N3O2S. The summed E-state index contributed by atoms with van der Waals surface area (Å²) in [6.45, 7) is 3.44. The highest BCUT2D eigenvalue weighted by atomic mass is 32.1. The molecule has 1 saturated carbocycles. The quantitative estimate of drug-likeness (QED) is 0.784. The number of ether oxygens (including phenoxy) is 1. The molecule has 1 aliphatic heterocycles. The van der Waals surface area contributed by atoms with Crippen molar-refractivity contribution < 1.29 is 9.15 Å². The van der Waals surface area contributed by atoms with Crippen LogP contribution in [0, 0.1) is 0 Å². The van der Waals surface area contributed by atoms with Gasteiger partial charge >= 0.3 is 0 Å². The Hall–Kier alpha value is -1.24. The van der Waals surface area contributed by atoms with E-state index in [9.17, 15) is 0 Å². The van der Waals surface area contributed by atoms with E-state index in [0.29, 0.717) is 18.6 Å². The third-order valence-electron chi connectivity index (χ3n) is 4.21. The summed E-state index contributed by atoms with van der Waals surface area (Å²) < 4.78 is 11.6. The number of rotatable bonds is 7. The van der Waals surface area contributed by atoms with Crippen molar-refractivity contribution in [3.8, 4) is 0 Å². The van der Waals surface area contributed by atoms with E-state index >= 15 is 0 Å². The van der Waals surface area contributed by atoms with Crippen LogP contribution < -0.4 is 0 Å². The number of aromatic nitrogens is 2. The van der Waals surface area contributed by atoms with Crippen LogP contribution in [0.25, 0.3) is 0 Å². The van der Waals surface area contributed by atoms with Crippen LogP contribution in [0.3, 0.4) is 0 Å². The van der Waals surface area contributed by atoms with Gasteiger partial charge in [-0.25, -0.2) is 0 Å². The van der Waals surface area contributed by atoms with Crippen LogP contribution in [-0.4, -0.2) is 34.4 Å². The van der Waals surface area contributed by atoms with Gasteiger partial charge in [0.1, 0.15) is 0 Å². The van der Waals surface area contributed by atoms with Crippen molar-refractivity contribution in [2.45, 2.75) is 50.8 Å². The molecule has 2 aliphatic rings. The molecule has 2 aromatic rings. The minimum atomic E-state index is 0.339. The fraction of sp³-hybridized carbons (Fsp3) is 0.625. The molecule has 2 aromatic heterocycles. The molecule has 0 N–H and O–H groups in total. The molecule has 6 heteroatoms. The van der Waals surface area contributed by atoms with Gasteiger partial charge in [-0.1, -0.05) is 6.07 Å². The Morgan fingerprint density at radius 1 is 1.23 bits per heavy atom. The minimum absolute atomic E-state index is 0.339. The van der Waals surface area contributed by atoms with Gasteiger partial charge in [0, 0.05) is 30.5 Å². The SMILES string of the molecule is c1csc(CN(Cc2nnc(C3CC3)o2)CC2CCCO2)c1. The summed E-state index contributed by atoms with van der Waals surface area (Å²) in [5.74, 6) is 2.07. The summed E-state index contributed by atoms with van der Waals surface area (Å²) in [6.07, 6.45) is 5.04. The van der Waals surface area contributed by atoms with E-state index in [1.807, 2.05) is 0 Å². The Labute approximate surface area is 134 Å². The molecule has 0 radical (unpaired) electrons. The summed E-state index contributed by atoms with van der Waals surface area (Å²) in [5.41, 5.74) is 0. The molecule has 118 valence electrons. The Bertz CT molecular complexity index is 588. The maximum Gasteiger partial charge on any atom is 0.230 e. The summed E-state index contributed by atoms with van der Waals surface area (Å²) in [6, 6.07) is 4.28. The lowest BCUT2D eigenvalue weighted by Gasteiger charge is -2.23. The molecular weight excluding hydrogens is 298 g/mol. The third kappa shape index (κ3) is 3.56. The van der Waals surface area contributed by atoms with Gasteiger partial charge < -0.3 is 9.15 Å². The zero-order chi connectivity index (χ0) is 14.8. The minimum Gasteiger partial charge on any atom is -0.424 e. The lowest BCUT2D eigenvalue weighted by molar-refractivity contribution is 0.0651. The van der Waals surface area contributed by atoms with Crippen LogP contribution in [0.1, 0.15) is 48.3 Å². The molecule has 0 aromatic carbocycles. The van der Waals surface area contributed by atoms with E-state index in [2.05, 4.69) is 32.6 Å². The van der Waals surface area contributed by atoms with Gasteiger partial charge in [0.05, 0.1) is 12.6 Å². The van der Waals surface area contributed by atoms with Crippen LogP contribution in [0.5, 0.6) is 0 Å². The predicted octanol–water partition coefficient (Wildman–Crippen LogP) is 3.19. The van der Waals surface area contributed by atoms with E-state index in [1.165, 1.54) is 24.1 Å². The molecule has 3 heterocycles. The van der Waals surface area contributed by atoms with E-state index in [0.717, 1.165) is 37.9 Å². The van der Waals surface area contributed by atoms with E-state index in [1.54, 1.807) is 11.3 Å². The highest BCUT2D eigenvalue weighted by Crippen LogP contribution is 2.39. The fourth-order valence-electron chi connectivity index (χ4n) is 2.90. The van der Waals surface area contributed by atoms with Crippen LogP contribution >= 0.6 is 11.3 Å². The van der Waals surface area contributed by atoms with Gasteiger partial charge in [0.25, 0.3) is 0 Å². The molecule has 1 unspecified atom stereocenters. The number of hydrogen-bond donors (Lipinski definition) is 0. The topological polar surface area (TPSA) is 51.4 Å². The van der Waals surface area contributed by atoms with Crippen molar-refractivity contribution in [3.63, 3.8) is 0 Å². The molecule has 1 saturated heterocycles. The summed E-state index contributed by atoms with van der Waals surface area (Å²) in [7, 11) is 0. The molecule has 22 heavy (non-hydrogen) atoms. The molecule has 0 spiro atoms. The van der Waals surface area contributed by atoms with Gasteiger partial charge in [-0.05, 0) is 37.1 Å². The third-order valence-corrected chi connectivity index (χ3v) is 5.07. The number of hydrogen-bond acceptors (Lipinski definition) is 6. The number of nitrogens with zero attached hydrogens (tertiary/aromatic N) is 3. The smallest absolute Gasteiger partial charge is 0.230 e. The van der Waals surface area contributed by atoms with Crippen molar-refractivity contribution in [1.82, 2.24) is 15.1 Å². The Kier molecular flexibility index (Phi) is 4.23. The second-order valence-corrected chi connectivity index (χ2v) is 7.22.